The molecular formula is C20H18N2O5S. The third-order valence-electron chi connectivity index (χ3n) is 4.01. The quantitative estimate of drug-likeness (QED) is 0.569. The van der Waals surface area contributed by atoms with E-state index < -0.39 is 18.5 Å². The molecule has 7 nitrogen and oxygen atoms in total. The first-order valence-electron chi connectivity index (χ1n) is 8.60. The summed E-state index contributed by atoms with van der Waals surface area (Å²) in [5.74, 6) is -0.805. The van der Waals surface area contributed by atoms with Crippen LogP contribution in [-0.2, 0) is 14.3 Å². The number of nitrogens with one attached hydrogen (secondary N) is 1. The second kappa shape index (κ2) is 9.18. The van der Waals surface area contributed by atoms with Gasteiger partial charge >= 0.3 is 5.97 Å². The van der Waals surface area contributed by atoms with E-state index in [1.54, 1.807) is 48.5 Å². The monoisotopic (exact) mass is 398 g/mol. The number of carbonyl (C=O) groups excluding carboxylic acids is 4. The van der Waals surface area contributed by atoms with Crippen LogP contribution >= 0.6 is 11.8 Å². The number of thioether (sulfide) groups is 1. The van der Waals surface area contributed by atoms with Crippen LogP contribution in [0.3, 0.4) is 0 Å². The van der Waals surface area contributed by atoms with Gasteiger partial charge in [-0.1, -0.05) is 54.2 Å². The first-order chi connectivity index (χ1) is 13.5. The molecule has 0 atom stereocenters. The van der Waals surface area contributed by atoms with E-state index in [4.69, 9.17) is 4.74 Å². The Morgan fingerprint density at radius 1 is 1.04 bits per heavy atom. The lowest BCUT2D eigenvalue weighted by atomic mass is 10.0. The average molecular weight is 398 g/mol. The molecule has 8 heteroatoms. The number of amides is 2. The van der Waals surface area contributed by atoms with Gasteiger partial charge in [-0.25, -0.2) is 0 Å². The minimum absolute atomic E-state index is 0.172. The van der Waals surface area contributed by atoms with Gasteiger partial charge in [-0.3, -0.25) is 19.2 Å². The Labute approximate surface area is 166 Å². The van der Waals surface area contributed by atoms with E-state index in [0.717, 1.165) is 11.8 Å². The second-order valence-electron chi connectivity index (χ2n) is 5.99. The van der Waals surface area contributed by atoms with E-state index in [1.165, 1.54) is 4.90 Å². The van der Waals surface area contributed by atoms with Gasteiger partial charge in [0, 0.05) is 23.4 Å². The molecule has 1 fully saturated rings. The van der Waals surface area contributed by atoms with Gasteiger partial charge in [-0.2, -0.15) is 0 Å². The van der Waals surface area contributed by atoms with Crippen molar-refractivity contribution < 1.29 is 23.9 Å². The van der Waals surface area contributed by atoms with Crippen LogP contribution in [0.5, 0.6) is 0 Å². The number of anilines is 1. The number of hydrogen-bond donors (Lipinski definition) is 1. The number of esters is 1. The maximum Gasteiger partial charge on any atom is 0.326 e. The van der Waals surface area contributed by atoms with Crippen molar-refractivity contribution in [2.75, 3.05) is 30.8 Å². The third kappa shape index (κ3) is 4.98. The van der Waals surface area contributed by atoms with Gasteiger partial charge in [-0.15, -0.1) is 0 Å². The first kappa shape index (κ1) is 19.6. The van der Waals surface area contributed by atoms with Crippen LogP contribution in [0.2, 0.25) is 0 Å². The number of nitrogens with zero attached hydrogens (tertiary/aromatic N) is 1. The van der Waals surface area contributed by atoms with Crippen LogP contribution in [0.4, 0.5) is 10.5 Å². The molecule has 1 N–H and O–H groups in total. The zero-order chi connectivity index (χ0) is 19.9. The first-order valence-corrected chi connectivity index (χ1v) is 9.59. The van der Waals surface area contributed by atoms with Crippen molar-refractivity contribution in [2.24, 2.45) is 0 Å². The Bertz CT molecular complexity index is 900. The lowest BCUT2D eigenvalue weighted by Gasteiger charge is -2.14. The molecule has 0 spiro atoms. The number of ketones is 1. The molecular weight excluding hydrogens is 380 g/mol. The van der Waals surface area contributed by atoms with E-state index in [-0.39, 0.29) is 17.6 Å². The normalized spacial score (nSPS) is 13.3. The number of ether oxygens (including phenoxy) is 1. The van der Waals surface area contributed by atoms with Gasteiger partial charge in [0.15, 0.2) is 12.4 Å². The van der Waals surface area contributed by atoms with Crippen LogP contribution < -0.4 is 5.32 Å². The molecule has 1 heterocycles. The van der Waals surface area contributed by atoms with Gasteiger partial charge in [0.25, 0.3) is 11.1 Å². The molecule has 1 aliphatic heterocycles. The topological polar surface area (TPSA) is 92.8 Å². The summed E-state index contributed by atoms with van der Waals surface area (Å²) in [6.45, 7) is -0.191. The Balaban J connectivity index is 1.58. The molecule has 144 valence electrons. The molecule has 2 aromatic carbocycles. The summed E-state index contributed by atoms with van der Waals surface area (Å²) >= 11 is 1.14. The minimum Gasteiger partial charge on any atom is -0.454 e. The summed E-state index contributed by atoms with van der Waals surface area (Å²) in [7, 11) is 0. The molecule has 1 saturated heterocycles. The number of hydrogen-bond acceptors (Lipinski definition) is 6. The van der Waals surface area contributed by atoms with Crippen LogP contribution in [0, 0.1) is 0 Å². The van der Waals surface area contributed by atoms with Gasteiger partial charge in [0.2, 0.25) is 0 Å². The van der Waals surface area contributed by atoms with Gasteiger partial charge in [-0.05, 0) is 12.1 Å². The van der Waals surface area contributed by atoms with E-state index >= 15 is 0 Å². The number of rotatable bonds is 7. The molecule has 0 unspecified atom stereocenters. The molecule has 0 aromatic heterocycles. The number of benzene rings is 2. The number of para-hydroxylation sites is 1. The maximum absolute atomic E-state index is 12.7. The van der Waals surface area contributed by atoms with E-state index in [2.05, 4.69) is 5.32 Å². The molecule has 1 aliphatic rings. The Hall–Kier alpha value is -3.13. The van der Waals surface area contributed by atoms with Crippen molar-refractivity contribution in [2.45, 2.75) is 0 Å². The van der Waals surface area contributed by atoms with Crippen molar-refractivity contribution in [3.8, 4) is 0 Å². The van der Waals surface area contributed by atoms with Gasteiger partial charge < -0.3 is 15.0 Å². The van der Waals surface area contributed by atoms with Crippen molar-refractivity contribution in [3.05, 3.63) is 65.7 Å². The highest BCUT2D eigenvalue weighted by Gasteiger charge is 2.24. The van der Waals surface area contributed by atoms with Crippen LogP contribution in [0.1, 0.15) is 15.9 Å². The smallest absolute Gasteiger partial charge is 0.326 e. The largest absolute Gasteiger partial charge is 0.454 e. The van der Waals surface area contributed by atoms with Gasteiger partial charge in [0.05, 0.1) is 5.69 Å². The standard InChI is InChI=1S/C20H18N2O5S/c23-17(13-27-18(24)12-22-10-11-28-20(22)26)21-16-9-5-4-8-15(16)19(25)14-6-2-1-3-7-14/h1-9H,10-13H2,(H,21,23). The highest BCUT2D eigenvalue weighted by Crippen LogP contribution is 2.19. The van der Waals surface area contributed by atoms with Crippen LogP contribution in [-0.4, -0.2) is 53.2 Å². The molecule has 2 aromatic rings. The molecule has 3 rings (SSSR count). The molecule has 0 saturated carbocycles. The Morgan fingerprint density at radius 2 is 1.75 bits per heavy atom. The Morgan fingerprint density at radius 3 is 2.46 bits per heavy atom. The predicted molar refractivity (Wildman–Crippen MR) is 105 cm³/mol. The van der Waals surface area contributed by atoms with Crippen molar-refractivity contribution in [3.63, 3.8) is 0 Å². The third-order valence-corrected chi connectivity index (χ3v) is 4.90. The molecule has 0 radical (unpaired) electrons. The van der Waals surface area contributed by atoms with Gasteiger partial charge in [0.1, 0.15) is 6.54 Å². The molecule has 0 bridgehead atoms. The summed E-state index contributed by atoms with van der Waals surface area (Å²) < 4.78 is 4.93. The fraction of sp³-hybridized carbons (Fsp3) is 0.200. The lowest BCUT2D eigenvalue weighted by Crippen LogP contribution is -2.32. The summed E-state index contributed by atoms with van der Waals surface area (Å²) in [5.41, 5.74) is 1.18. The van der Waals surface area contributed by atoms with Crippen LogP contribution in [0.15, 0.2) is 54.6 Å². The minimum atomic E-state index is -0.653. The highest BCUT2D eigenvalue weighted by atomic mass is 32.2. The lowest BCUT2D eigenvalue weighted by molar-refractivity contribution is -0.147. The van der Waals surface area contributed by atoms with Crippen molar-refractivity contribution in [1.82, 2.24) is 4.90 Å². The SMILES string of the molecule is O=C(COC(=O)CN1CCSC1=O)Nc1ccccc1C(=O)c1ccccc1. The summed E-state index contributed by atoms with van der Waals surface area (Å²) in [5, 5.41) is 2.43. The molecule has 0 aliphatic carbocycles. The molecule has 2 amide bonds. The molecule has 28 heavy (non-hydrogen) atoms. The number of carbonyl (C=O) groups is 4. The zero-order valence-corrected chi connectivity index (χ0v) is 15.7. The fourth-order valence-corrected chi connectivity index (χ4v) is 3.46. The zero-order valence-electron chi connectivity index (χ0n) is 14.9. The van der Waals surface area contributed by atoms with Crippen molar-refractivity contribution >= 4 is 40.3 Å². The average Bonchev–Trinajstić information content (AvgIpc) is 3.11. The van der Waals surface area contributed by atoms with E-state index in [0.29, 0.717) is 29.1 Å². The maximum atomic E-state index is 12.7. The summed E-state index contributed by atoms with van der Waals surface area (Å²) in [6.07, 6.45) is 0. The summed E-state index contributed by atoms with van der Waals surface area (Å²) in [6, 6.07) is 15.4. The van der Waals surface area contributed by atoms with Crippen molar-refractivity contribution in [1.29, 1.82) is 0 Å². The second-order valence-corrected chi connectivity index (χ2v) is 7.03. The fourth-order valence-electron chi connectivity index (χ4n) is 2.64. The van der Waals surface area contributed by atoms with E-state index in [9.17, 15) is 19.2 Å². The highest BCUT2D eigenvalue weighted by molar-refractivity contribution is 8.13. The summed E-state index contributed by atoms with van der Waals surface area (Å²) in [4.78, 5) is 49.5. The van der Waals surface area contributed by atoms with Crippen LogP contribution in [0.25, 0.3) is 0 Å². The Kier molecular flexibility index (Phi) is 6.44. The van der Waals surface area contributed by atoms with E-state index in [1.807, 2.05) is 6.07 Å². The predicted octanol–water partition coefficient (Wildman–Crippen LogP) is 2.57.